The Bertz CT molecular complexity index is 254. The topological polar surface area (TPSA) is 75.6 Å². The van der Waals surface area contributed by atoms with Gasteiger partial charge in [0.15, 0.2) is 0 Å². The molecule has 16 heavy (non-hydrogen) atoms. The molecule has 0 aromatic rings. The Morgan fingerprint density at radius 1 is 1.44 bits per heavy atom. The van der Waals surface area contributed by atoms with E-state index in [0.717, 1.165) is 19.3 Å². The summed E-state index contributed by atoms with van der Waals surface area (Å²) in [5.74, 6) is -1.12. The van der Waals surface area contributed by atoms with Gasteiger partial charge in [-0.05, 0) is 19.3 Å². The van der Waals surface area contributed by atoms with Gasteiger partial charge in [-0.3, -0.25) is 9.59 Å². The number of carbonyl (C=O) groups is 2. The number of rotatable bonds is 5. The maximum Gasteiger partial charge on any atom is 0.306 e. The molecule has 0 aromatic carbocycles. The highest BCUT2D eigenvalue weighted by Gasteiger charge is 2.27. The van der Waals surface area contributed by atoms with Crippen LogP contribution >= 0.6 is 0 Å². The van der Waals surface area contributed by atoms with Gasteiger partial charge in [0.2, 0.25) is 5.91 Å². The van der Waals surface area contributed by atoms with Crippen LogP contribution in [-0.4, -0.2) is 36.7 Å². The van der Waals surface area contributed by atoms with Gasteiger partial charge in [-0.15, -0.1) is 0 Å². The van der Waals surface area contributed by atoms with E-state index in [1.54, 1.807) is 7.11 Å². The zero-order chi connectivity index (χ0) is 12.0. The number of ether oxygens (including phenoxy) is 1. The summed E-state index contributed by atoms with van der Waals surface area (Å²) in [5.41, 5.74) is 0. The predicted octanol–water partition coefficient (Wildman–Crippen LogP) is 0.782. The molecule has 5 nitrogen and oxygen atoms in total. The van der Waals surface area contributed by atoms with Crippen molar-refractivity contribution in [1.29, 1.82) is 0 Å². The van der Waals surface area contributed by atoms with Crippen molar-refractivity contribution in [1.82, 2.24) is 5.32 Å². The molecule has 92 valence electrons. The number of nitrogens with one attached hydrogen (secondary N) is 1. The Kier molecular flexibility index (Phi) is 5.25. The first-order chi connectivity index (χ1) is 7.63. The van der Waals surface area contributed by atoms with Crippen LogP contribution in [0, 0.1) is 5.92 Å². The minimum absolute atomic E-state index is 0.0132. The molecule has 1 aliphatic rings. The van der Waals surface area contributed by atoms with Gasteiger partial charge in [0, 0.05) is 19.6 Å². The maximum absolute atomic E-state index is 11.4. The first-order valence-corrected chi connectivity index (χ1v) is 5.64. The van der Waals surface area contributed by atoms with E-state index in [0.29, 0.717) is 19.4 Å². The summed E-state index contributed by atoms with van der Waals surface area (Å²) < 4.78 is 4.81. The van der Waals surface area contributed by atoms with Crippen LogP contribution in [0.3, 0.4) is 0 Å². The Morgan fingerprint density at radius 2 is 2.19 bits per heavy atom. The molecule has 1 rings (SSSR count). The van der Waals surface area contributed by atoms with Gasteiger partial charge < -0.3 is 15.2 Å². The summed E-state index contributed by atoms with van der Waals surface area (Å²) in [7, 11) is 1.55. The normalized spacial score (nSPS) is 25.1. The molecule has 0 saturated heterocycles. The third kappa shape index (κ3) is 4.18. The van der Waals surface area contributed by atoms with Crippen molar-refractivity contribution >= 4 is 11.9 Å². The molecule has 0 aliphatic heterocycles. The first kappa shape index (κ1) is 13.0. The van der Waals surface area contributed by atoms with E-state index in [2.05, 4.69) is 5.32 Å². The van der Waals surface area contributed by atoms with Gasteiger partial charge in [0.05, 0.1) is 12.5 Å². The second-order valence-corrected chi connectivity index (χ2v) is 4.21. The van der Waals surface area contributed by atoms with E-state index < -0.39 is 5.97 Å². The fraction of sp³-hybridized carbons (Fsp3) is 0.818. The van der Waals surface area contributed by atoms with E-state index in [9.17, 15) is 9.59 Å². The Morgan fingerprint density at radius 3 is 2.81 bits per heavy atom. The Labute approximate surface area is 95.2 Å². The molecule has 0 radical (unpaired) electrons. The summed E-state index contributed by atoms with van der Waals surface area (Å²) in [6.07, 6.45) is 3.35. The van der Waals surface area contributed by atoms with Gasteiger partial charge in [-0.25, -0.2) is 0 Å². The summed E-state index contributed by atoms with van der Waals surface area (Å²) >= 11 is 0. The molecule has 2 N–H and O–H groups in total. The quantitative estimate of drug-likeness (QED) is 0.730. The van der Waals surface area contributed by atoms with Gasteiger partial charge in [0.25, 0.3) is 0 Å². The molecule has 1 amide bonds. The average Bonchev–Trinajstić information content (AvgIpc) is 2.26. The number of carbonyl (C=O) groups excluding carboxylic acids is 1. The maximum atomic E-state index is 11.4. The largest absolute Gasteiger partial charge is 0.481 e. The van der Waals surface area contributed by atoms with Crippen LogP contribution in [0.2, 0.25) is 0 Å². The van der Waals surface area contributed by atoms with Crippen molar-refractivity contribution < 1.29 is 19.4 Å². The fourth-order valence-electron chi connectivity index (χ4n) is 2.04. The Balaban J connectivity index is 2.31. The molecule has 1 fully saturated rings. The van der Waals surface area contributed by atoms with Crippen LogP contribution in [0.4, 0.5) is 0 Å². The summed E-state index contributed by atoms with van der Waals surface area (Å²) in [5, 5.41) is 11.8. The lowest BCUT2D eigenvalue weighted by atomic mass is 9.86. The smallest absolute Gasteiger partial charge is 0.306 e. The van der Waals surface area contributed by atoms with Crippen molar-refractivity contribution in [3.05, 3.63) is 0 Å². The van der Waals surface area contributed by atoms with Gasteiger partial charge in [-0.2, -0.15) is 0 Å². The third-order valence-corrected chi connectivity index (χ3v) is 2.92. The molecule has 0 heterocycles. The van der Waals surface area contributed by atoms with Crippen molar-refractivity contribution in [3.8, 4) is 0 Å². The lowest BCUT2D eigenvalue weighted by molar-refractivity contribution is -0.143. The minimum Gasteiger partial charge on any atom is -0.481 e. The summed E-state index contributed by atoms with van der Waals surface area (Å²) in [6, 6.07) is 0.0132. The Hall–Kier alpha value is -1.10. The number of carboxylic acid groups (broad SMARTS) is 1. The molecule has 2 atom stereocenters. The highest BCUT2D eigenvalue weighted by molar-refractivity contribution is 5.76. The van der Waals surface area contributed by atoms with Gasteiger partial charge in [0.1, 0.15) is 0 Å². The van der Waals surface area contributed by atoms with Crippen LogP contribution in [0.15, 0.2) is 0 Å². The third-order valence-electron chi connectivity index (χ3n) is 2.92. The SMILES string of the molecule is COCCC(=O)NC1CCCC(C(=O)O)C1. The van der Waals surface area contributed by atoms with Gasteiger partial charge >= 0.3 is 5.97 Å². The predicted molar refractivity (Wildman–Crippen MR) is 58.0 cm³/mol. The first-order valence-electron chi connectivity index (χ1n) is 5.64. The van der Waals surface area contributed by atoms with Crippen molar-refractivity contribution in [2.24, 2.45) is 5.92 Å². The number of hydrogen-bond acceptors (Lipinski definition) is 3. The number of carboxylic acids is 1. The lowest BCUT2D eigenvalue weighted by Gasteiger charge is -2.27. The number of amides is 1. The van der Waals surface area contributed by atoms with Crippen molar-refractivity contribution in [2.75, 3.05) is 13.7 Å². The molecule has 0 aromatic heterocycles. The van der Waals surface area contributed by atoms with E-state index in [-0.39, 0.29) is 17.9 Å². The van der Waals surface area contributed by atoms with E-state index in [4.69, 9.17) is 9.84 Å². The summed E-state index contributed by atoms with van der Waals surface area (Å²) in [4.78, 5) is 22.2. The highest BCUT2D eigenvalue weighted by Crippen LogP contribution is 2.24. The molecule has 0 spiro atoms. The minimum atomic E-state index is -0.754. The zero-order valence-electron chi connectivity index (χ0n) is 9.57. The van der Waals surface area contributed by atoms with Crippen LogP contribution in [0.25, 0.3) is 0 Å². The van der Waals surface area contributed by atoms with Crippen LogP contribution in [0.1, 0.15) is 32.1 Å². The lowest BCUT2D eigenvalue weighted by Crippen LogP contribution is -2.40. The second kappa shape index (κ2) is 6.48. The van der Waals surface area contributed by atoms with Crippen LogP contribution in [0.5, 0.6) is 0 Å². The van der Waals surface area contributed by atoms with E-state index >= 15 is 0 Å². The van der Waals surface area contributed by atoms with Gasteiger partial charge in [-0.1, -0.05) is 6.42 Å². The number of hydrogen-bond donors (Lipinski definition) is 2. The zero-order valence-corrected chi connectivity index (χ0v) is 9.57. The van der Waals surface area contributed by atoms with Crippen LogP contribution in [-0.2, 0) is 14.3 Å². The standard InChI is InChI=1S/C11H19NO4/c1-16-6-5-10(13)12-9-4-2-3-8(7-9)11(14)15/h8-9H,2-7H2,1H3,(H,12,13)(H,14,15). The molecule has 2 unspecified atom stereocenters. The molecular formula is C11H19NO4. The highest BCUT2D eigenvalue weighted by atomic mass is 16.5. The molecule has 1 saturated carbocycles. The molecule has 0 bridgehead atoms. The number of methoxy groups -OCH3 is 1. The van der Waals surface area contributed by atoms with E-state index in [1.165, 1.54) is 0 Å². The average molecular weight is 229 g/mol. The molecule has 5 heteroatoms. The van der Waals surface area contributed by atoms with Crippen LogP contribution < -0.4 is 5.32 Å². The van der Waals surface area contributed by atoms with E-state index in [1.807, 2.05) is 0 Å². The number of aliphatic carboxylic acids is 1. The van der Waals surface area contributed by atoms with Crippen molar-refractivity contribution in [2.45, 2.75) is 38.1 Å². The second-order valence-electron chi connectivity index (χ2n) is 4.21. The van der Waals surface area contributed by atoms with Crippen molar-refractivity contribution in [3.63, 3.8) is 0 Å². The monoisotopic (exact) mass is 229 g/mol. The fourth-order valence-corrected chi connectivity index (χ4v) is 2.04. The molecule has 1 aliphatic carbocycles. The molecular weight excluding hydrogens is 210 g/mol. The summed E-state index contributed by atoms with van der Waals surface area (Å²) in [6.45, 7) is 0.404.